The van der Waals surface area contributed by atoms with E-state index >= 15 is 0 Å². The maximum Gasteiger partial charge on any atom is 0.254 e. The normalized spacial score (nSPS) is 13.4. The van der Waals surface area contributed by atoms with Gasteiger partial charge in [0, 0.05) is 17.0 Å². The number of carbonyl (C=O) groups excluding carboxylic acids is 1. The lowest BCUT2D eigenvalue weighted by molar-refractivity contribution is 0.0728. The number of benzene rings is 2. The lowest BCUT2D eigenvalue weighted by atomic mass is 10.2. The van der Waals surface area contributed by atoms with E-state index in [1.54, 1.807) is 11.3 Å². The van der Waals surface area contributed by atoms with Gasteiger partial charge in [-0.3, -0.25) is 4.79 Å². The first-order valence-electron chi connectivity index (χ1n) is 9.18. The van der Waals surface area contributed by atoms with Crippen LogP contribution in [0.4, 0.5) is 0 Å². The van der Waals surface area contributed by atoms with Crippen LogP contribution in [0.2, 0.25) is 0 Å². The van der Waals surface area contributed by atoms with E-state index in [1.807, 2.05) is 71.8 Å². The maximum absolute atomic E-state index is 12.9. The molecule has 1 saturated carbocycles. The number of ether oxygens (including phenoxy) is 1. The molecule has 0 spiro atoms. The van der Waals surface area contributed by atoms with Crippen LogP contribution in [-0.4, -0.2) is 21.8 Å². The van der Waals surface area contributed by atoms with E-state index in [0.29, 0.717) is 19.2 Å². The number of hydrogen-bond acceptors (Lipinski definition) is 4. The zero-order chi connectivity index (χ0) is 18.6. The first-order valence-corrected chi connectivity index (χ1v) is 10.1. The number of amides is 1. The molecule has 5 heteroatoms. The van der Waals surface area contributed by atoms with E-state index < -0.39 is 0 Å². The lowest BCUT2D eigenvalue weighted by Gasteiger charge is -2.21. The van der Waals surface area contributed by atoms with Crippen molar-refractivity contribution in [3.8, 4) is 5.75 Å². The summed E-state index contributed by atoms with van der Waals surface area (Å²) in [7, 11) is 0. The van der Waals surface area contributed by atoms with Crippen molar-refractivity contribution in [1.82, 2.24) is 9.88 Å². The minimum Gasteiger partial charge on any atom is -0.486 e. The summed E-state index contributed by atoms with van der Waals surface area (Å²) in [5, 5.41) is 2.96. The van der Waals surface area contributed by atoms with Crippen LogP contribution in [0.25, 0.3) is 0 Å². The predicted molar refractivity (Wildman–Crippen MR) is 107 cm³/mol. The molecule has 1 fully saturated rings. The third-order valence-corrected chi connectivity index (χ3v) is 5.52. The summed E-state index contributed by atoms with van der Waals surface area (Å²) in [4.78, 5) is 19.5. The van der Waals surface area contributed by atoms with Crippen molar-refractivity contribution in [2.24, 2.45) is 0 Å². The van der Waals surface area contributed by atoms with Gasteiger partial charge in [0.25, 0.3) is 5.91 Å². The topological polar surface area (TPSA) is 42.4 Å². The Morgan fingerprint density at radius 3 is 2.63 bits per heavy atom. The lowest BCUT2D eigenvalue weighted by Crippen LogP contribution is -2.32. The van der Waals surface area contributed by atoms with Crippen LogP contribution in [0.3, 0.4) is 0 Å². The summed E-state index contributed by atoms with van der Waals surface area (Å²) in [6.07, 6.45) is 2.15. The Hall–Kier alpha value is -2.66. The van der Waals surface area contributed by atoms with Crippen molar-refractivity contribution < 1.29 is 9.53 Å². The summed E-state index contributed by atoms with van der Waals surface area (Å²) in [5.74, 6) is 0.969. The van der Waals surface area contributed by atoms with Crippen molar-refractivity contribution in [3.63, 3.8) is 0 Å². The van der Waals surface area contributed by atoms with Gasteiger partial charge in [0.2, 0.25) is 0 Å². The van der Waals surface area contributed by atoms with Gasteiger partial charge >= 0.3 is 0 Å². The number of thiazole rings is 1. The maximum atomic E-state index is 12.9. The summed E-state index contributed by atoms with van der Waals surface area (Å²) in [5.41, 5.74) is 2.78. The van der Waals surface area contributed by atoms with Gasteiger partial charge in [-0.25, -0.2) is 4.98 Å². The number of aryl methyl sites for hydroxylation is 1. The quantitative estimate of drug-likeness (QED) is 0.591. The fraction of sp³-hybridized carbons (Fsp3) is 0.273. The summed E-state index contributed by atoms with van der Waals surface area (Å²) < 4.78 is 5.89. The summed E-state index contributed by atoms with van der Waals surface area (Å²) in [6.45, 7) is 3.04. The van der Waals surface area contributed by atoms with Crippen LogP contribution >= 0.6 is 11.3 Å². The second-order valence-electron chi connectivity index (χ2n) is 6.82. The Morgan fingerprint density at radius 1 is 1.15 bits per heavy atom. The molecule has 4 nitrogen and oxygen atoms in total. The molecule has 0 unspecified atom stereocenters. The Morgan fingerprint density at radius 2 is 1.89 bits per heavy atom. The zero-order valence-corrected chi connectivity index (χ0v) is 16.1. The second kappa shape index (κ2) is 7.92. The van der Waals surface area contributed by atoms with Crippen molar-refractivity contribution in [1.29, 1.82) is 0 Å². The molecular formula is C22H22N2O2S. The predicted octanol–water partition coefficient (Wildman–Crippen LogP) is 4.84. The Bertz CT molecular complexity index is 919. The molecule has 1 amide bonds. The molecule has 2 aromatic carbocycles. The fourth-order valence-electron chi connectivity index (χ4n) is 3.02. The highest BCUT2D eigenvalue weighted by atomic mass is 32.1. The molecule has 0 aliphatic heterocycles. The summed E-state index contributed by atoms with van der Waals surface area (Å²) >= 11 is 1.58. The number of rotatable bonds is 7. The molecule has 0 saturated heterocycles. The number of carbonyl (C=O) groups is 1. The third-order valence-electron chi connectivity index (χ3n) is 4.65. The third kappa shape index (κ3) is 4.37. The minimum atomic E-state index is 0.0869. The molecule has 1 aliphatic rings. The molecule has 0 atom stereocenters. The molecule has 0 radical (unpaired) electrons. The number of nitrogens with zero attached hydrogens (tertiary/aromatic N) is 2. The van der Waals surface area contributed by atoms with Gasteiger partial charge in [-0.2, -0.15) is 0 Å². The molecule has 4 rings (SSSR count). The van der Waals surface area contributed by atoms with Crippen LogP contribution < -0.4 is 4.74 Å². The Balaban J connectivity index is 1.41. The highest BCUT2D eigenvalue weighted by Gasteiger charge is 2.33. The van der Waals surface area contributed by atoms with E-state index in [0.717, 1.165) is 40.4 Å². The van der Waals surface area contributed by atoms with Gasteiger partial charge in [0.1, 0.15) is 17.4 Å². The van der Waals surface area contributed by atoms with Crippen LogP contribution in [0.15, 0.2) is 60.0 Å². The molecule has 1 aromatic heterocycles. The van der Waals surface area contributed by atoms with Crippen LogP contribution in [0.1, 0.15) is 39.5 Å². The number of para-hydroxylation sites is 1. The standard InChI is InChI=1S/C22H22N2O2S/c1-16-7-5-6-10-20(16)26-14-21-23-18(15-27-21)13-24(19-11-12-19)22(25)17-8-3-2-4-9-17/h2-10,15,19H,11-14H2,1H3. The molecule has 0 N–H and O–H groups in total. The van der Waals surface area contributed by atoms with Crippen molar-refractivity contribution in [3.05, 3.63) is 81.8 Å². The van der Waals surface area contributed by atoms with E-state index in [4.69, 9.17) is 4.74 Å². The largest absolute Gasteiger partial charge is 0.486 e. The van der Waals surface area contributed by atoms with Gasteiger partial charge in [0.15, 0.2) is 0 Å². The first-order chi connectivity index (χ1) is 13.2. The number of hydrogen-bond donors (Lipinski definition) is 0. The van der Waals surface area contributed by atoms with Gasteiger partial charge in [-0.1, -0.05) is 36.4 Å². The highest BCUT2D eigenvalue weighted by Crippen LogP contribution is 2.30. The second-order valence-corrected chi connectivity index (χ2v) is 7.76. The van der Waals surface area contributed by atoms with Gasteiger partial charge in [-0.15, -0.1) is 11.3 Å². The van der Waals surface area contributed by atoms with Crippen LogP contribution in [0, 0.1) is 6.92 Å². The molecular weight excluding hydrogens is 356 g/mol. The van der Waals surface area contributed by atoms with Gasteiger partial charge in [0.05, 0.1) is 12.2 Å². The van der Waals surface area contributed by atoms with Crippen LogP contribution in [0.5, 0.6) is 5.75 Å². The van der Waals surface area contributed by atoms with Crippen molar-refractivity contribution in [2.45, 2.75) is 39.0 Å². The smallest absolute Gasteiger partial charge is 0.254 e. The SMILES string of the molecule is Cc1ccccc1OCc1nc(CN(C(=O)c2ccccc2)C2CC2)cs1. The molecule has 1 heterocycles. The van der Waals surface area contributed by atoms with Crippen molar-refractivity contribution >= 4 is 17.2 Å². The molecule has 0 bridgehead atoms. The van der Waals surface area contributed by atoms with Gasteiger partial charge < -0.3 is 9.64 Å². The molecule has 27 heavy (non-hydrogen) atoms. The fourth-order valence-corrected chi connectivity index (χ4v) is 3.72. The molecule has 138 valence electrons. The zero-order valence-electron chi connectivity index (χ0n) is 15.3. The Kier molecular flexibility index (Phi) is 5.21. The Labute approximate surface area is 163 Å². The monoisotopic (exact) mass is 378 g/mol. The van der Waals surface area contributed by atoms with Gasteiger partial charge in [-0.05, 0) is 43.5 Å². The average molecular weight is 378 g/mol. The van der Waals surface area contributed by atoms with E-state index in [2.05, 4.69) is 4.98 Å². The van der Waals surface area contributed by atoms with E-state index in [-0.39, 0.29) is 5.91 Å². The minimum absolute atomic E-state index is 0.0869. The number of aromatic nitrogens is 1. The van der Waals surface area contributed by atoms with Crippen LogP contribution in [-0.2, 0) is 13.2 Å². The summed E-state index contributed by atoms with van der Waals surface area (Å²) in [6, 6.07) is 17.8. The molecule has 1 aliphatic carbocycles. The average Bonchev–Trinajstić information content (AvgIpc) is 3.45. The highest BCUT2D eigenvalue weighted by molar-refractivity contribution is 7.09. The van der Waals surface area contributed by atoms with E-state index in [9.17, 15) is 4.79 Å². The van der Waals surface area contributed by atoms with Crippen molar-refractivity contribution in [2.75, 3.05) is 0 Å². The first kappa shape index (κ1) is 17.7. The van der Waals surface area contributed by atoms with E-state index in [1.165, 1.54) is 0 Å². The molecule has 3 aromatic rings.